The van der Waals surface area contributed by atoms with Crippen LogP contribution >= 0.6 is 0 Å². The number of pyridine rings is 1. The summed E-state index contributed by atoms with van der Waals surface area (Å²) in [6.07, 6.45) is 9.34. The lowest BCUT2D eigenvalue weighted by molar-refractivity contribution is -0.144. The molecule has 0 N–H and O–H groups in total. The van der Waals surface area contributed by atoms with Crippen molar-refractivity contribution < 1.29 is 14.3 Å². The number of hydrogen-bond donors (Lipinski definition) is 0. The lowest BCUT2D eigenvalue weighted by Gasteiger charge is -2.35. The minimum atomic E-state index is -0.596. The summed E-state index contributed by atoms with van der Waals surface area (Å²) >= 11 is 0. The molecule has 5 rings (SSSR count). The second-order valence-electron chi connectivity index (χ2n) is 8.84. The van der Waals surface area contributed by atoms with Crippen LogP contribution in [0.15, 0.2) is 36.7 Å². The summed E-state index contributed by atoms with van der Waals surface area (Å²) in [4.78, 5) is 34.4. The Kier molecular flexibility index (Phi) is 4.09. The smallest absolute Gasteiger partial charge is 0.230 e. The van der Waals surface area contributed by atoms with Gasteiger partial charge in [-0.15, -0.1) is 0 Å². The van der Waals surface area contributed by atoms with Gasteiger partial charge in [-0.3, -0.25) is 14.6 Å². The average molecular weight is 381 g/mol. The predicted molar refractivity (Wildman–Crippen MR) is 103 cm³/mol. The SMILES string of the molecule is CC(C)N1C[C@@]23C=C[C@@H](O2)[C@H](C(=O)N2CCC(c4ccncc4)CC2)[C@H]3C1=O. The summed E-state index contributed by atoms with van der Waals surface area (Å²) in [5, 5.41) is 0. The van der Waals surface area contributed by atoms with Crippen molar-refractivity contribution in [2.75, 3.05) is 19.6 Å². The van der Waals surface area contributed by atoms with E-state index in [1.165, 1.54) is 5.56 Å². The fraction of sp³-hybridized carbons (Fsp3) is 0.591. The molecule has 1 aromatic heterocycles. The van der Waals surface area contributed by atoms with Crippen LogP contribution in [0.3, 0.4) is 0 Å². The molecular weight excluding hydrogens is 354 g/mol. The van der Waals surface area contributed by atoms with E-state index in [4.69, 9.17) is 4.74 Å². The van der Waals surface area contributed by atoms with E-state index in [1.807, 2.05) is 48.2 Å². The number of likely N-dealkylation sites (tertiary alicyclic amines) is 2. The zero-order valence-corrected chi connectivity index (χ0v) is 16.5. The highest BCUT2D eigenvalue weighted by Crippen LogP contribution is 2.52. The van der Waals surface area contributed by atoms with E-state index in [-0.39, 0.29) is 35.8 Å². The van der Waals surface area contributed by atoms with Crippen LogP contribution in [-0.2, 0) is 14.3 Å². The molecule has 2 bridgehead atoms. The van der Waals surface area contributed by atoms with Crippen LogP contribution in [-0.4, -0.2) is 64.0 Å². The second kappa shape index (κ2) is 6.41. The lowest BCUT2D eigenvalue weighted by atomic mass is 9.76. The summed E-state index contributed by atoms with van der Waals surface area (Å²) in [6.45, 7) is 6.08. The molecule has 2 amide bonds. The van der Waals surface area contributed by atoms with Gasteiger partial charge in [-0.2, -0.15) is 0 Å². The predicted octanol–water partition coefficient (Wildman–Crippen LogP) is 1.98. The highest BCUT2D eigenvalue weighted by atomic mass is 16.5. The Morgan fingerprint density at radius 2 is 1.96 bits per heavy atom. The van der Waals surface area contributed by atoms with E-state index in [0.717, 1.165) is 25.9 Å². The third-order valence-electron chi connectivity index (χ3n) is 7.02. The average Bonchev–Trinajstić information content (AvgIpc) is 3.36. The Labute approximate surface area is 165 Å². The molecule has 6 nitrogen and oxygen atoms in total. The molecule has 4 atom stereocenters. The van der Waals surface area contributed by atoms with Crippen molar-refractivity contribution in [3.8, 4) is 0 Å². The highest BCUT2D eigenvalue weighted by Gasteiger charge is 2.67. The molecule has 1 spiro atoms. The van der Waals surface area contributed by atoms with E-state index in [0.29, 0.717) is 12.5 Å². The number of nitrogens with zero attached hydrogens (tertiary/aromatic N) is 3. The van der Waals surface area contributed by atoms with Crippen LogP contribution in [0.2, 0.25) is 0 Å². The van der Waals surface area contributed by atoms with E-state index >= 15 is 0 Å². The number of fused-ring (bicyclic) bond motifs is 1. The molecule has 0 aromatic carbocycles. The summed E-state index contributed by atoms with van der Waals surface area (Å²) in [7, 11) is 0. The summed E-state index contributed by atoms with van der Waals surface area (Å²) < 4.78 is 6.22. The van der Waals surface area contributed by atoms with E-state index in [9.17, 15) is 9.59 Å². The van der Waals surface area contributed by atoms with E-state index < -0.39 is 5.60 Å². The second-order valence-corrected chi connectivity index (χ2v) is 8.84. The Hall–Kier alpha value is -2.21. The Balaban J connectivity index is 1.31. The number of hydrogen-bond acceptors (Lipinski definition) is 4. The topological polar surface area (TPSA) is 62.7 Å². The minimum Gasteiger partial charge on any atom is -0.360 e. The summed E-state index contributed by atoms with van der Waals surface area (Å²) in [5.41, 5.74) is 0.701. The molecule has 6 heteroatoms. The molecule has 0 unspecified atom stereocenters. The maximum absolute atomic E-state index is 13.4. The molecule has 5 heterocycles. The van der Waals surface area contributed by atoms with Crippen molar-refractivity contribution in [1.29, 1.82) is 0 Å². The van der Waals surface area contributed by atoms with Gasteiger partial charge in [0.1, 0.15) is 5.60 Å². The van der Waals surface area contributed by atoms with Gasteiger partial charge in [0, 0.05) is 31.5 Å². The van der Waals surface area contributed by atoms with Crippen molar-refractivity contribution in [2.24, 2.45) is 11.8 Å². The van der Waals surface area contributed by atoms with Crippen molar-refractivity contribution >= 4 is 11.8 Å². The van der Waals surface area contributed by atoms with Gasteiger partial charge in [0.05, 0.1) is 24.5 Å². The van der Waals surface area contributed by atoms with Gasteiger partial charge in [0.2, 0.25) is 11.8 Å². The Bertz CT molecular complexity index is 816. The lowest BCUT2D eigenvalue weighted by Crippen LogP contribution is -2.48. The van der Waals surface area contributed by atoms with Crippen LogP contribution < -0.4 is 0 Å². The number of rotatable bonds is 3. The number of aromatic nitrogens is 1. The molecule has 148 valence electrons. The van der Waals surface area contributed by atoms with Gasteiger partial charge in [-0.05, 0) is 50.3 Å². The fourth-order valence-corrected chi connectivity index (χ4v) is 5.53. The van der Waals surface area contributed by atoms with Gasteiger partial charge in [0.25, 0.3) is 0 Å². The first-order valence-corrected chi connectivity index (χ1v) is 10.4. The number of ether oxygens (including phenoxy) is 1. The molecule has 0 aliphatic carbocycles. The monoisotopic (exact) mass is 381 g/mol. The highest BCUT2D eigenvalue weighted by molar-refractivity contribution is 5.93. The van der Waals surface area contributed by atoms with Crippen molar-refractivity contribution in [2.45, 2.75) is 50.4 Å². The van der Waals surface area contributed by atoms with Crippen LogP contribution in [0.25, 0.3) is 0 Å². The summed E-state index contributed by atoms with van der Waals surface area (Å²) in [5.74, 6) is -0.103. The number of piperidine rings is 1. The standard InChI is InChI=1S/C22H27N3O3/c1-14(2)25-13-22-8-3-17(28-22)18(19(22)21(25)27)20(26)24-11-6-16(7-12-24)15-4-9-23-10-5-15/h3-5,8-10,14,16-19H,6-7,11-13H2,1-2H3/t17-,18+,19+,22-/m1/s1. The quantitative estimate of drug-likeness (QED) is 0.751. The largest absolute Gasteiger partial charge is 0.360 e. The molecule has 1 aromatic rings. The van der Waals surface area contributed by atoms with Crippen LogP contribution in [0.1, 0.15) is 38.2 Å². The number of carbonyl (C=O) groups is 2. The van der Waals surface area contributed by atoms with Crippen molar-refractivity contribution in [3.63, 3.8) is 0 Å². The van der Waals surface area contributed by atoms with E-state index in [1.54, 1.807) is 0 Å². The Morgan fingerprint density at radius 1 is 1.25 bits per heavy atom. The third-order valence-corrected chi connectivity index (χ3v) is 7.02. The molecule has 3 saturated heterocycles. The third kappa shape index (κ3) is 2.54. The molecule has 0 saturated carbocycles. The first-order chi connectivity index (χ1) is 13.5. The maximum atomic E-state index is 13.4. The van der Waals surface area contributed by atoms with Crippen molar-refractivity contribution in [1.82, 2.24) is 14.8 Å². The van der Waals surface area contributed by atoms with E-state index in [2.05, 4.69) is 17.1 Å². The molecular formula is C22H27N3O3. The van der Waals surface area contributed by atoms with Crippen molar-refractivity contribution in [3.05, 3.63) is 42.2 Å². The molecule has 3 fully saturated rings. The number of amides is 2. The number of carbonyl (C=O) groups excluding carboxylic acids is 2. The molecule has 4 aliphatic rings. The first kappa shape index (κ1) is 17.9. The normalized spacial score (nSPS) is 34.5. The molecule has 0 radical (unpaired) electrons. The van der Waals surface area contributed by atoms with Gasteiger partial charge >= 0.3 is 0 Å². The van der Waals surface area contributed by atoms with Crippen LogP contribution in [0.5, 0.6) is 0 Å². The zero-order chi connectivity index (χ0) is 19.5. The minimum absolute atomic E-state index is 0.0758. The van der Waals surface area contributed by atoms with Gasteiger partial charge in [-0.25, -0.2) is 0 Å². The first-order valence-electron chi connectivity index (χ1n) is 10.4. The van der Waals surface area contributed by atoms with Gasteiger partial charge in [0.15, 0.2) is 0 Å². The van der Waals surface area contributed by atoms with Gasteiger partial charge < -0.3 is 14.5 Å². The maximum Gasteiger partial charge on any atom is 0.230 e. The zero-order valence-electron chi connectivity index (χ0n) is 16.5. The summed E-state index contributed by atoms with van der Waals surface area (Å²) in [6, 6.07) is 4.26. The van der Waals surface area contributed by atoms with Crippen LogP contribution in [0.4, 0.5) is 0 Å². The fourth-order valence-electron chi connectivity index (χ4n) is 5.53. The Morgan fingerprint density at radius 3 is 2.64 bits per heavy atom. The van der Waals surface area contributed by atoms with Gasteiger partial charge in [-0.1, -0.05) is 12.2 Å². The van der Waals surface area contributed by atoms with Crippen LogP contribution in [0, 0.1) is 11.8 Å². The molecule has 4 aliphatic heterocycles. The molecule has 28 heavy (non-hydrogen) atoms.